The number of fused-ring (bicyclic) bond motifs is 1. The zero-order valence-electron chi connectivity index (χ0n) is 19.6. The van der Waals surface area contributed by atoms with E-state index < -0.39 is 4.92 Å². The number of aromatic nitrogens is 3. The first kappa shape index (κ1) is 23.1. The summed E-state index contributed by atoms with van der Waals surface area (Å²) in [6, 6.07) is 12.3. The number of piperazine rings is 1. The van der Waals surface area contributed by atoms with Crippen molar-refractivity contribution in [3.63, 3.8) is 0 Å². The molecule has 1 unspecified atom stereocenters. The van der Waals surface area contributed by atoms with Gasteiger partial charge in [-0.15, -0.1) is 11.3 Å². The second kappa shape index (κ2) is 9.93. The molecule has 0 spiro atoms. The van der Waals surface area contributed by atoms with Crippen LogP contribution in [-0.2, 0) is 6.42 Å². The van der Waals surface area contributed by atoms with E-state index in [1.54, 1.807) is 12.1 Å². The minimum atomic E-state index is -0.441. The molecule has 1 atom stereocenters. The van der Waals surface area contributed by atoms with Gasteiger partial charge in [-0.2, -0.15) is 4.98 Å². The lowest BCUT2D eigenvalue weighted by Crippen LogP contribution is -2.44. The van der Waals surface area contributed by atoms with Crippen LogP contribution in [0.4, 0.5) is 11.4 Å². The molecule has 0 aliphatic carbocycles. The van der Waals surface area contributed by atoms with Crippen LogP contribution in [0.1, 0.15) is 24.4 Å². The van der Waals surface area contributed by atoms with Gasteiger partial charge < -0.3 is 14.5 Å². The first-order valence-corrected chi connectivity index (χ1v) is 12.4. The molecule has 1 aliphatic rings. The van der Waals surface area contributed by atoms with Gasteiger partial charge >= 0.3 is 0 Å². The number of anilines is 1. The van der Waals surface area contributed by atoms with Gasteiger partial charge in [0.05, 0.1) is 28.4 Å². The zero-order chi connectivity index (χ0) is 24.4. The second-order valence-corrected chi connectivity index (χ2v) is 9.70. The summed E-state index contributed by atoms with van der Waals surface area (Å²) in [4.78, 5) is 29.5. The topological polar surface area (TPSA) is 97.5 Å². The molecule has 0 N–H and O–H groups in total. The number of thiophene rings is 1. The third-order valence-electron chi connectivity index (χ3n) is 6.17. The van der Waals surface area contributed by atoms with E-state index in [4.69, 9.17) is 19.7 Å². The van der Waals surface area contributed by atoms with Crippen molar-refractivity contribution in [2.75, 3.05) is 38.1 Å². The fourth-order valence-electron chi connectivity index (χ4n) is 4.11. The molecular weight excluding hydrogens is 464 g/mol. The highest BCUT2D eigenvalue weighted by Crippen LogP contribution is 2.34. The molecule has 1 fully saturated rings. The fraction of sp³-hybridized carbons (Fsp3) is 0.320. The van der Waals surface area contributed by atoms with E-state index in [2.05, 4.69) is 35.9 Å². The number of nitro benzene ring substituents is 1. The van der Waals surface area contributed by atoms with E-state index in [0.29, 0.717) is 23.9 Å². The Kier molecular flexibility index (Phi) is 6.56. The molecule has 1 aliphatic heterocycles. The molecule has 4 heterocycles. The van der Waals surface area contributed by atoms with Crippen molar-refractivity contribution in [3.05, 3.63) is 75.7 Å². The van der Waals surface area contributed by atoms with Crippen LogP contribution in [0.25, 0.3) is 10.2 Å². The van der Waals surface area contributed by atoms with E-state index in [1.165, 1.54) is 23.5 Å². The molecule has 0 bridgehead atoms. The SMILES string of the molecule is CC(Cc1ccc(N2CCN(C)CC2)cn1)c1nc(Oc2cccc([N+](=O)[O-])c2)c2sccc2n1. The summed E-state index contributed by atoms with van der Waals surface area (Å²) >= 11 is 1.48. The van der Waals surface area contributed by atoms with E-state index in [-0.39, 0.29) is 11.6 Å². The second-order valence-electron chi connectivity index (χ2n) is 8.78. The van der Waals surface area contributed by atoms with Crippen LogP contribution in [0.15, 0.2) is 54.0 Å². The molecule has 35 heavy (non-hydrogen) atoms. The lowest BCUT2D eigenvalue weighted by Gasteiger charge is -2.33. The van der Waals surface area contributed by atoms with Gasteiger partial charge in [0.1, 0.15) is 16.3 Å². The number of nitrogens with zero attached hydrogens (tertiary/aromatic N) is 6. The Morgan fingerprint density at radius 3 is 2.71 bits per heavy atom. The largest absolute Gasteiger partial charge is 0.437 e. The van der Waals surface area contributed by atoms with Gasteiger partial charge in [0.2, 0.25) is 5.88 Å². The van der Waals surface area contributed by atoms with E-state index >= 15 is 0 Å². The third kappa shape index (κ3) is 5.23. The van der Waals surface area contributed by atoms with Crippen LogP contribution < -0.4 is 9.64 Å². The van der Waals surface area contributed by atoms with Crippen LogP contribution in [0.2, 0.25) is 0 Å². The monoisotopic (exact) mass is 490 g/mol. The highest BCUT2D eigenvalue weighted by atomic mass is 32.1. The van der Waals surface area contributed by atoms with Crippen LogP contribution in [-0.4, -0.2) is 58.0 Å². The third-order valence-corrected chi connectivity index (χ3v) is 7.06. The number of pyridine rings is 1. The number of ether oxygens (including phenoxy) is 1. The van der Waals surface area contributed by atoms with Crippen molar-refractivity contribution in [3.8, 4) is 11.6 Å². The fourth-order valence-corrected chi connectivity index (χ4v) is 4.87. The number of non-ortho nitro benzene ring substituents is 1. The molecule has 9 nitrogen and oxygen atoms in total. The van der Waals surface area contributed by atoms with Gasteiger partial charge in [-0.3, -0.25) is 15.1 Å². The summed E-state index contributed by atoms with van der Waals surface area (Å²) in [7, 11) is 2.15. The average Bonchev–Trinajstić information content (AvgIpc) is 3.34. The summed E-state index contributed by atoms with van der Waals surface area (Å²) in [6.07, 6.45) is 2.64. The van der Waals surface area contributed by atoms with E-state index in [9.17, 15) is 10.1 Å². The molecule has 5 rings (SSSR count). The first-order valence-electron chi connectivity index (χ1n) is 11.5. The normalized spacial score (nSPS) is 15.3. The molecule has 180 valence electrons. The molecule has 0 saturated carbocycles. The van der Waals surface area contributed by atoms with Crippen LogP contribution in [0.3, 0.4) is 0 Å². The van der Waals surface area contributed by atoms with E-state index in [0.717, 1.165) is 47.8 Å². The minimum Gasteiger partial charge on any atom is -0.437 e. The Balaban J connectivity index is 1.34. The summed E-state index contributed by atoms with van der Waals surface area (Å²) in [5.74, 6) is 1.44. The van der Waals surface area contributed by atoms with Gasteiger partial charge in [-0.1, -0.05) is 13.0 Å². The maximum atomic E-state index is 11.1. The van der Waals surface area contributed by atoms with Crippen molar-refractivity contribution < 1.29 is 9.66 Å². The molecule has 3 aromatic heterocycles. The van der Waals surface area contributed by atoms with Crippen LogP contribution in [0, 0.1) is 10.1 Å². The van der Waals surface area contributed by atoms with E-state index in [1.807, 2.05) is 17.6 Å². The Bertz CT molecular complexity index is 1330. The zero-order valence-corrected chi connectivity index (χ0v) is 20.4. The molecule has 0 radical (unpaired) electrons. The summed E-state index contributed by atoms with van der Waals surface area (Å²) in [6.45, 7) is 6.20. The lowest BCUT2D eigenvalue weighted by atomic mass is 10.0. The number of benzene rings is 1. The molecule has 4 aromatic rings. The number of rotatable bonds is 7. The number of hydrogen-bond acceptors (Lipinski definition) is 9. The predicted octanol–water partition coefficient (Wildman–Crippen LogP) is 4.88. The van der Waals surface area contributed by atoms with Crippen LogP contribution >= 0.6 is 11.3 Å². The van der Waals surface area contributed by atoms with Crippen molar-refractivity contribution in [1.82, 2.24) is 19.9 Å². The standard InChI is InChI=1S/C25H26N6O3S/c1-17(14-18-6-7-20(16-26-18)30-11-9-29(2)10-12-30)24-27-22-8-13-35-23(22)25(28-24)34-21-5-3-4-19(15-21)31(32)33/h3-8,13,15-17H,9-12,14H2,1-2H3. The maximum Gasteiger partial charge on any atom is 0.273 e. The van der Waals surface area contributed by atoms with Crippen LogP contribution in [0.5, 0.6) is 11.6 Å². The highest BCUT2D eigenvalue weighted by molar-refractivity contribution is 7.17. The highest BCUT2D eigenvalue weighted by Gasteiger charge is 2.19. The Morgan fingerprint density at radius 2 is 1.97 bits per heavy atom. The molecule has 1 saturated heterocycles. The van der Waals surface area contributed by atoms with Crippen molar-refractivity contribution in [1.29, 1.82) is 0 Å². The summed E-state index contributed by atoms with van der Waals surface area (Å²) in [5.41, 5.74) is 2.90. The van der Waals surface area contributed by atoms with Gasteiger partial charge in [0, 0.05) is 43.9 Å². The number of likely N-dealkylation sites (N-methyl/N-ethyl adjacent to an activating group) is 1. The average molecular weight is 491 g/mol. The van der Waals surface area contributed by atoms with Crippen molar-refractivity contribution in [2.24, 2.45) is 0 Å². The smallest absolute Gasteiger partial charge is 0.273 e. The van der Waals surface area contributed by atoms with Gasteiger partial charge in [0.25, 0.3) is 5.69 Å². The van der Waals surface area contributed by atoms with Crippen molar-refractivity contribution in [2.45, 2.75) is 19.3 Å². The quantitative estimate of drug-likeness (QED) is 0.267. The van der Waals surface area contributed by atoms with Crippen molar-refractivity contribution >= 4 is 32.9 Å². The molecule has 1 aromatic carbocycles. The van der Waals surface area contributed by atoms with Gasteiger partial charge in [-0.25, -0.2) is 4.98 Å². The number of hydrogen-bond donors (Lipinski definition) is 0. The Labute approximate surface area is 207 Å². The molecular formula is C25H26N6O3S. The number of nitro groups is 1. The summed E-state index contributed by atoms with van der Waals surface area (Å²) in [5, 5.41) is 13.1. The minimum absolute atomic E-state index is 0.00810. The van der Waals surface area contributed by atoms with Gasteiger partial charge in [-0.05, 0) is 43.1 Å². The molecule has 0 amide bonds. The van der Waals surface area contributed by atoms with Gasteiger partial charge in [0.15, 0.2) is 0 Å². The Morgan fingerprint density at radius 1 is 1.14 bits per heavy atom. The maximum absolute atomic E-state index is 11.1. The Hall–Kier alpha value is -3.63. The first-order chi connectivity index (χ1) is 17.0. The molecule has 10 heteroatoms. The lowest BCUT2D eigenvalue weighted by molar-refractivity contribution is -0.384. The summed E-state index contributed by atoms with van der Waals surface area (Å²) < 4.78 is 6.81. The predicted molar refractivity (Wildman–Crippen MR) is 137 cm³/mol.